The molecule has 2 heterocycles. The fraction of sp³-hybridized carbons (Fsp3) is 0.438. The van der Waals surface area contributed by atoms with Crippen molar-refractivity contribution >= 4 is 34.8 Å². The van der Waals surface area contributed by atoms with Gasteiger partial charge in [-0.15, -0.1) is 0 Å². The lowest BCUT2D eigenvalue weighted by molar-refractivity contribution is -0.146. The molecule has 0 aromatic heterocycles. The SMILES string of the molecule is CCC12C(c3ccccc3)=C(c3ccccc3)C(C3C(=O)N(C(C)C)C(=O)C31)C1C(=O)N(C(C)C)C(=O)C12. The summed E-state index contributed by atoms with van der Waals surface area (Å²) < 4.78 is 0. The smallest absolute Gasteiger partial charge is 0.234 e. The lowest BCUT2D eigenvalue weighted by Gasteiger charge is -2.59. The van der Waals surface area contributed by atoms with Crippen LogP contribution in [0.4, 0.5) is 0 Å². The molecule has 2 aromatic rings. The quantitative estimate of drug-likeness (QED) is 0.549. The molecule has 196 valence electrons. The maximum absolute atomic E-state index is 14.2. The number of amides is 4. The van der Waals surface area contributed by atoms with Gasteiger partial charge in [-0.05, 0) is 56.4 Å². The van der Waals surface area contributed by atoms with Gasteiger partial charge in [0.2, 0.25) is 23.6 Å². The summed E-state index contributed by atoms with van der Waals surface area (Å²) in [7, 11) is 0. The summed E-state index contributed by atoms with van der Waals surface area (Å²) in [6, 6.07) is 19.3. The molecule has 2 aliphatic heterocycles. The number of nitrogens with zero attached hydrogens (tertiary/aromatic N) is 2. The fourth-order valence-corrected chi connectivity index (χ4v) is 8.36. The minimum absolute atomic E-state index is 0.205. The van der Waals surface area contributed by atoms with E-state index in [9.17, 15) is 19.2 Å². The molecule has 2 bridgehead atoms. The Hall–Kier alpha value is -3.54. The van der Waals surface area contributed by atoms with Crippen LogP contribution in [-0.4, -0.2) is 45.5 Å². The molecule has 2 aromatic carbocycles. The van der Waals surface area contributed by atoms with E-state index in [1.54, 1.807) is 0 Å². The summed E-state index contributed by atoms with van der Waals surface area (Å²) in [6.07, 6.45) is 0.471. The molecule has 4 atom stereocenters. The molecule has 7 rings (SSSR count). The van der Waals surface area contributed by atoms with Gasteiger partial charge >= 0.3 is 0 Å². The number of carbonyl (C=O) groups is 4. The highest BCUT2D eigenvalue weighted by Crippen LogP contribution is 2.73. The van der Waals surface area contributed by atoms with E-state index < -0.39 is 35.0 Å². The van der Waals surface area contributed by atoms with Crippen LogP contribution in [-0.2, 0) is 19.2 Å². The first kappa shape index (κ1) is 24.8. The van der Waals surface area contributed by atoms with Crippen LogP contribution in [0.5, 0.6) is 0 Å². The van der Waals surface area contributed by atoms with Crippen LogP contribution in [0.2, 0.25) is 0 Å². The highest BCUT2D eigenvalue weighted by atomic mass is 16.2. The van der Waals surface area contributed by atoms with E-state index in [2.05, 4.69) is 0 Å². The van der Waals surface area contributed by atoms with Crippen molar-refractivity contribution in [3.63, 3.8) is 0 Å². The Bertz CT molecular complexity index is 1320. The van der Waals surface area contributed by atoms with Gasteiger partial charge in [0, 0.05) is 23.4 Å². The van der Waals surface area contributed by atoms with Crippen LogP contribution in [0, 0.1) is 35.0 Å². The Morgan fingerprint density at radius 2 is 1.05 bits per heavy atom. The summed E-state index contributed by atoms with van der Waals surface area (Å²) >= 11 is 0. The summed E-state index contributed by atoms with van der Waals surface area (Å²) in [6.45, 7) is 9.44. The van der Waals surface area contributed by atoms with Gasteiger partial charge in [0.25, 0.3) is 0 Å². The maximum atomic E-state index is 14.2. The van der Waals surface area contributed by atoms with Gasteiger partial charge in [0.15, 0.2) is 0 Å². The molecule has 38 heavy (non-hydrogen) atoms. The molecule has 0 N–H and O–H groups in total. The molecule has 4 unspecified atom stereocenters. The monoisotopic (exact) mass is 510 g/mol. The van der Waals surface area contributed by atoms with E-state index in [1.165, 1.54) is 9.80 Å². The van der Waals surface area contributed by atoms with E-state index in [4.69, 9.17) is 0 Å². The third-order valence-corrected chi connectivity index (χ3v) is 9.49. The molecule has 1 saturated carbocycles. The second kappa shape index (κ2) is 8.48. The average Bonchev–Trinajstić information content (AvgIpc) is 3.35. The van der Waals surface area contributed by atoms with Crippen LogP contribution in [0.1, 0.15) is 52.2 Å². The number of carbonyl (C=O) groups excluding carboxylic acids is 4. The zero-order chi connectivity index (χ0) is 27.1. The molecule has 6 nitrogen and oxygen atoms in total. The normalized spacial score (nSPS) is 32.2. The molecule has 0 spiro atoms. The van der Waals surface area contributed by atoms with Crippen molar-refractivity contribution in [3.05, 3.63) is 71.8 Å². The second-order valence-electron chi connectivity index (χ2n) is 11.7. The third kappa shape index (κ3) is 2.89. The topological polar surface area (TPSA) is 74.8 Å². The number of hydrogen-bond donors (Lipinski definition) is 0. The summed E-state index contributed by atoms with van der Waals surface area (Å²) in [5, 5.41) is 0. The van der Waals surface area contributed by atoms with Crippen molar-refractivity contribution < 1.29 is 19.2 Å². The van der Waals surface area contributed by atoms with Crippen LogP contribution >= 0.6 is 0 Å². The summed E-state index contributed by atoms with van der Waals surface area (Å²) in [5.41, 5.74) is 2.81. The van der Waals surface area contributed by atoms with Crippen molar-refractivity contribution in [2.45, 2.75) is 53.1 Å². The summed E-state index contributed by atoms with van der Waals surface area (Å²) in [5.74, 6) is -4.08. The Labute approximate surface area is 223 Å². The molecular weight excluding hydrogens is 476 g/mol. The predicted molar refractivity (Wildman–Crippen MR) is 144 cm³/mol. The minimum atomic E-state index is -0.983. The zero-order valence-corrected chi connectivity index (χ0v) is 22.5. The van der Waals surface area contributed by atoms with Crippen LogP contribution in [0.15, 0.2) is 60.7 Å². The number of benzene rings is 2. The van der Waals surface area contributed by atoms with Gasteiger partial charge in [-0.3, -0.25) is 29.0 Å². The Morgan fingerprint density at radius 1 is 0.632 bits per heavy atom. The Balaban J connectivity index is 1.75. The van der Waals surface area contributed by atoms with Gasteiger partial charge < -0.3 is 0 Å². The van der Waals surface area contributed by atoms with E-state index in [1.807, 2.05) is 95.3 Å². The van der Waals surface area contributed by atoms with E-state index in [0.717, 1.165) is 22.3 Å². The molecule has 2 saturated heterocycles. The molecule has 4 amide bonds. The molecule has 3 aliphatic carbocycles. The van der Waals surface area contributed by atoms with Crippen molar-refractivity contribution in [1.29, 1.82) is 0 Å². The van der Waals surface area contributed by atoms with E-state index in [0.29, 0.717) is 6.42 Å². The summed E-state index contributed by atoms with van der Waals surface area (Å²) in [4.78, 5) is 59.5. The van der Waals surface area contributed by atoms with E-state index in [-0.39, 0.29) is 35.7 Å². The average molecular weight is 511 g/mol. The Morgan fingerprint density at radius 3 is 1.45 bits per heavy atom. The van der Waals surface area contributed by atoms with Gasteiger partial charge in [-0.2, -0.15) is 0 Å². The van der Waals surface area contributed by atoms with Gasteiger partial charge in [-0.1, -0.05) is 67.6 Å². The standard InChI is InChI=1S/C32H34N2O4/c1-6-32-25(20-15-11-8-12-16-20)21(19-13-9-7-10-14-19)22(23-26(32)30(37)33(17(2)3)28(23)35)24-27(32)31(38)34(18(4)5)29(24)36/h7-18,22-24,26-27H,6H2,1-5H3. The molecule has 3 fully saturated rings. The Kier molecular flexibility index (Phi) is 5.53. The highest BCUT2D eigenvalue weighted by Gasteiger charge is 2.77. The van der Waals surface area contributed by atoms with Gasteiger partial charge in [0.05, 0.1) is 23.7 Å². The van der Waals surface area contributed by atoms with Crippen LogP contribution in [0.3, 0.4) is 0 Å². The van der Waals surface area contributed by atoms with Gasteiger partial charge in [0.1, 0.15) is 0 Å². The van der Waals surface area contributed by atoms with Crippen molar-refractivity contribution in [1.82, 2.24) is 9.80 Å². The van der Waals surface area contributed by atoms with Crippen LogP contribution in [0.25, 0.3) is 11.1 Å². The zero-order valence-electron chi connectivity index (χ0n) is 22.5. The van der Waals surface area contributed by atoms with Crippen molar-refractivity contribution in [3.8, 4) is 0 Å². The minimum Gasteiger partial charge on any atom is -0.280 e. The maximum Gasteiger partial charge on any atom is 0.234 e. The number of hydrogen-bond acceptors (Lipinski definition) is 4. The molecular formula is C32H34N2O4. The second-order valence-corrected chi connectivity index (χ2v) is 11.7. The van der Waals surface area contributed by atoms with Crippen LogP contribution < -0.4 is 0 Å². The first-order valence-corrected chi connectivity index (χ1v) is 13.8. The first-order valence-electron chi connectivity index (χ1n) is 13.8. The molecule has 0 radical (unpaired) electrons. The largest absolute Gasteiger partial charge is 0.280 e. The molecule has 5 aliphatic rings. The molecule has 6 heteroatoms. The lowest BCUT2D eigenvalue weighted by atomic mass is 9.40. The predicted octanol–water partition coefficient (Wildman–Crippen LogP) is 4.66. The van der Waals surface area contributed by atoms with Crippen molar-refractivity contribution in [2.75, 3.05) is 0 Å². The third-order valence-electron chi connectivity index (χ3n) is 9.49. The van der Waals surface area contributed by atoms with Crippen molar-refractivity contribution in [2.24, 2.45) is 35.0 Å². The number of rotatable bonds is 5. The number of imide groups is 2. The van der Waals surface area contributed by atoms with Gasteiger partial charge in [-0.25, -0.2) is 0 Å². The number of likely N-dealkylation sites (tertiary alicyclic amines) is 2. The highest BCUT2D eigenvalue weighted by molar-refractivity contribution is 6.17. The van der Waals surface area contributed by atoms with E-state index >= 15 is 0 Å². The first-order chi connectivity index (χ1) is 18.2. The number of allylic oxidation sites excluding steroid dienone is 2. The fourth-order valence-electron chi connectivity index (χ4n) is 8.36. The lowest BCUT2D eigenvalue weighted by Crippen LogP contribution is -2.60.